The molecule has 2 atom stereocenters. The van der Waals surface area contributed by atoms with Gasteiger partial charge in [-0.25, -0.2) is 4.79 Å². The summed E-state index contributed by atoms with van der Waals surface area (Å²) in [4.78, 5) is 36.3. The molecule has 19 heavy (non-hydrogen) atoms. The molecule has 106 valence electrons. The maximum absolute atomic E-state index is 12.5. The molecule has 0 aromatic rings. The van der Waals surface area contributed by atoms with Crippen molar-refractivity contribution in [2.45, 2.75) is 45.6 Å². The Morgan fingerprint density at radius 1 is 1.42 bits per heavy atom. The van der Waals surface area contributed by atoms with Crippen LogP contribution in [0.2, 0.25) is 0 Å². The molecule has 0 radical (unpaired) electrons. The molecule has 1 saturated carbocycles. The van der Waals surface area contributed by atoms with Crippen molar-refractivity contribution in [2.75, 3.05) is 6.54 Å². The van der Waals surface area contributed by atoms with Crippen LogP contribution in [0.1, 0.15) is 40.0 Å². The van der Waals surface area contributed by atoms with E-state index in [2.05, 4.69) is 26.1 Å². The van der Waals surface area contributed by atoms with Crippen LogP contribution in [0, 0.1) is 11.3 Å². The first-order valence-electron chi connectivity index (χ1n) is 6.58. The third-order valence-corrected chi connectivity index (χ3v) is 3.94. The second kappa shape index (κ2) is 4.21. The highest BCUT2D eigenvalue weighted by Crippen LogP contribution is 2.46. The number of urea groups is 1. The number of primary amides is 1. The Bertz CT molecular complexity index is 446. The van der Waals surface area contributed by atoms with Crippen molar-refractivity contribution in [2.24, 2.45) is 17.1 Å². The van der Waals surface area contributed by atoms with E-state index in [9.17, 15) is 14.4 Å². The number of carbonyl (C=O) groups is 3. The average Bonchev–Trinajstić information content (AvgIpc) is 2.38. The summed E-state index contributed by atoms with van der Waals surface area (Å²) in [6.45, 7) is 5.93. The van der Waals surface area contributed by atoms with E-state index < -0.39 is 17.5 Å². The zero-order chi connectivity index (χ0) is 14.4. The number of nitrogens with zero attached hydrogens (tertiary/aromatic N) is 1. The Kier molecular flexibility index (Phi) is 3.07. The predicted octanol–water partition coefficient (Wildman–Crippen LogP) is 0.609. The van der Waals surface area contributed by atoms with Gasteiger partial charge in [0, 0.05) is 0 Å². The molecule has 3 N–H and O–H groups in total. The Balaban J connectivity index is 2.28. The van der Waals surface area contributed by atoms with Gasteiger partial charge in [0.15, 0.2) is 0 Å². The van der Waals surface area contributed by atoms with Crippen LogP contribution in [-0.4, -0.2) is 34.8 Å². The van der Waals surface area contributed by atoms with Gasteiger partial charge in [0.05, 0.1) is 0 Å². The SMILES string of the molecule is CC1CC(C)(C)CC2(C1)NC(=O)N(CC(N)=O)C2=O. The third kappa shape index (κ3) is 2.43. The van der Waals surface area contributed by atoms with Crippen LogP contribution in [0.5, 0.6) is 0 Å². The van der Waals surface area contributed by atoms with Crippen molar-refractivity contribution in [3.8, 4) is 0 Å². The maximum Gasteiger partial charge on any atom is 0.325 e. The highest BCUT2D eigenvalue weighted by atomic mass is 16.2. The van der Waals surface area contributed by atoms with E-state index in [0.717, 1.165) is 11.3 Å². The lowest BCUT2D eigenvalue weighted by molar-refractivity contribution is -0.137. The van der Waals surface area contributed by atoms with Crippen LogP contribution >= 0.6 is 0 Å². The summed E-state index contributed by atoms with van der Waals surface area (Å²) in [6, 6.07) is -0.506. The lowest BCUT2D eigenvalue weighted by atomic mass is 9.64. The first-order chi connectivity index (χ1) is 8.65. The van der Waals surface area contributed by atoms with Crippen molar-refractivity contribution in [3.05, 3.63) is 0 Å². The largest absolute Gasteiger partial charge is 0.368 e. The van der Waals surface area contributed by atoms with Crippen molar-refractivity contribution in [1.82, 2.24) is 10.2 Å². The molecule has 2 aliphatic rings. The molecule has 1 aliphatic carbocycles. The molecule has 1 spiro atoms. The van der Waals surface area contributed by atoms with Crippen molar-refractivity contribution < 1.29 is 14.4 Å². The molecule has 6 heteroatoms. The van der Waals surface area contributed by atoms with Crippen molar-refractivity contribution in [3.63, 3.8) is 0 Å². The molecule has 2 rings (SSSR count). The van der Waals surface area contributed by atoms with Gasteiger partial charge in [0.25, 0.3) is 5.91 Å². The Hall–Kier alpha value is -1.59. The molecular weight excluding hydrogens is 246 g/mol. The third-order valence-electron chi connectivity index (χ3n) is 3.94. The van der Waals surface area contributed by atoms with E-state index >= 15 is 0 Å². The summed E-state index contributed by atoms with van der Waals surface area (Å²) in [6.07, 6.45) is 2.24. The summed E-state index contributed by atoms with van der Waals surface area (Å²) in [5.41, 5.74) is 4.22. The lowest BCUT2D eigenvalue weighted by Crippen LogP contribution is -2.54. The number of imide groups is 1. The van der Waals surface area contributed by atoms with Crippen LogP contribution in [0.25, 0.3) is 0 Å². The maximum atomic E-state index is 12.5. The predicted molar refractivity (Wildman–Crippen MR) is 69.0 cm³/mol. The number of nitrogens with one attached hydrogen (secondary N) is 1. The lowest BCUT2D eigenvalue weighted by Gasteiger charge is -2.43. The van der Waals surface area contributed by atoms with E-state index in [1.165, 1.54) is 0 Å². The minimum absolute atomic E-state index is 0.0106. The number of amides is 4. The number of carbonyl (C=O) groups excluding carboxylic acids is 3. The highest BCUT2D eigenvalue weighted by Gasteiger charge is 2.56. The quantitative estimate of drug-likeness (QED) is 0.718. The van der Waals surface area contributed by atoms with Crippen LogP contribution in [-0.2, 0) is 9.59 Å². The number of nitrogens with two attached hydrogens (primary N) is 1. The van der Waals surface area contributed by atoms with Gasteiger partial charge in [0.1, 0.15) is 12.1 Å². The van der Waals surface area contributed by atoms with Crippen LogP contribution in [0.3, 0.4) is 0 Å². The van der Waals surface area contributed by atoms with E-state index in [1.54, 1.807) is 0 Å². The highest BCUT2D eigenvalue weighted by molar-refractivity contribution is 6.09. The van der Waals surface area contributed by atoms with Gasteiger partial charge in [0.2, 0.25) is 5.91 Å². The van der Waals surface area contributed by atoms with Crippen molar-refractivity contribution >= 4 is 17.8 Å². The summed E-state index contributed by atoms with van der Waals surface area (Å²) < 4.78 is 0. The van der Waals surface area contributed by atoms with Crippen LogP contribution < -0.4 is 11.1 Å². The smallest absolute Gasteiger partial charge is 0.325 e. The monoisotopic (exact) mass is 267 g/mol. The second-order valence-electron chi connectivity index (χ2n) is 6.72. The average molecular weight is 267 g/mol. The molecule has 0 aromatic carbocycles. The Morgan fingerprint density at radius 3 is 2.58 bits per heavy atom. The van der Waals surface area contributed by atoms with Gasteiger partial charge in [-0.2, -0.15) is 0 Å². The molecule has 0 aromatic heterocycles. The van der Waals surface area contributed by atoms with E-state index in [4.69, 9.17) is 5.73 Å². The van der Waals surface area contributed by atoms with Gasteiger partial charge in [-0.3, -0.25) is 14.5 Å². The molecule has 6 nitrogen and oxygen atoms in total. The Labute approximate surface area is 112 Å². The minimum Gasteiger partial charge on any atom is -0.368 e. The molecule has 0 bridgehead atoms. The summed E-state index contributed by atoms with van der Waals surface area (Å²) in [5.74, 6) is -0.638. The van der Waals surface area contributed by atoms with E-state index in [0.29, 0.717) is 18.8 Å². The first kappa shape index (κ1) is 13.8. The fraction of sp³-hybridized carbons (Fsp3) is 0.769. The van der Waals surface area contributed by atoms with Crippen LogP contribution in [0.15, 0.2) is 0 Å². The van der Waals surface area contributed by atoms with Gasteiger partial charge in [-0.05, 0) is 30.6 Å². The molecule has 1 saturated heterocycles. The zero-order valence-electron chi connectivity index (χ0n) is 11.7. The molecule has 1 aliphatic heterocycles. The second-order valence-corrected chi connectivity index (χ2v) is 6.72. The summed E-state index contributed by atoms with van der Waals surface area (Å²) >= 11 is 0. The standard InChI is InChI=1S/C13H21N3O3/c1-8-4-12(2,3)7-13(5-8)10(18)16(6-9(14)17)11(19)15-13/h8H,4-7H2,1-3H3,(H2,14,17)(H,15,19). The summed E-state index contributed by atoms with van der Waals surface area (Å²) in [5, 5.41) is 2.79. The Morgan fingerprint density at radius 2 is 2.05 bits per heavy atom. The summed E-state index contributed by atoms with van der Waals surface area (Å²) in [7, 11) is 0. The normalized spacial score (nSPS) is 33.6. The molecular formula is C13H21N3O3. The fourth-order valence-electron chi connectivity index (χ4n) is 3.81. The number of hydrogen-bond donors (Lipinski definition) is 2. The number of rotatable bonds is 2. The number of hydrogen-bond acceptors (Lipinski definition) is 3. The minimum atomic E-state index is -0.853. The zero-order valence-corrected chi connectivity index (χ0v) is 11.7. The topological polar surface area (TPSA) is 92.5 Å². The van der Waals surface area contributed by atoms with E-state index in [-0.39, 0.29) is 17.9 Å². The molecule has 2 unspecified atom stereocenters. The first-order valence-corrected chi connectivity index (χ1v) is 6.58. The molecule has 2 fully saturated rings. The van der Waals surface area contributed by atoms with Crippen LogP contribution in [0.4, 0.5) is 4.79 Å². The van der Waals surface area contributed by atoms with Gasteiger partial charge in [-0.15, -0.1) is 0 Å². The van der Waals surface area contributed by atoms with Gasteiger partial charge < -0.3 is 11.1 Å². The fourth-order valence-corrected chi connectivity index (χ4v) is 3.81. The molecule has 1 heterocycles. The van der Waals surface area contributed by atoms with Gasteiger partial charge >= 0.3 is 6.03 Å². The molecule has 4 amide bonds. The van der Waals surface area contributed by atoms with Crippen molar-refractivity contribution in [1.29, 1.82) is 0 Å². The van der Waals surface area contributed by atoms with E-state index in [1.807, 2.05) is 0 Å². The van der Waals surface area contributed by atoms with Gasteiger partial charge in [-0.1, -0.05) is 20.8 Å².